The van der Waals surface area contributed by atoms with Gasteiger partial charge in [0, 0.05) is 24.6 Å². The van der Waals surface area contributed by atoms with Crippen molar-refractivity contribution in [3.05, 3.63) is 17.8 Å². The predicted octanol–water partition coefficient (Wildman–Crippen LogP) is 1.09. The molecule has 1 aliphatic rings. The number of hydrogen-bond acceptors (Lipinski definition) is 5. The summed E-state index contributed by atoms with van der Waals surface area (Å²) in [5.41, 5.74) is 6.71. The molecule has 0 unspecified atom stereocenters. The summed E-state index contributed by atoms with van der Waals surface area (Å²) >= 11 is 1.93. The monoisotopic (exact) mass is 220 g/mol. The molecule has 1 saturated heterocycles. The van der Waals surface area contributed by atoms with Gasteiger partial charge in [-0.25, -0.2) is 4.98 Å². The quantitative estimate of drug-likeness (QED) is 0.767. The third-order valence-electron chi connectivity index (χ3n) is 2.32. The van der Waals surface area contributed by atoms with E-state index >= 15 is 0 Å². The molecule has 0 radical (unpaired) electrons. The molecule has 78 valence electrons. The minimum absolute atomic E-state index is 0.543. The number of nitrogens with zero attached hydrogens (tertiary/aromatic N) is 3. The van der Waals surface area contributed by atoms with E-state index < -0.39 is 0 Å². The summed E-state index contributed by atoms with van der Waals surface area (Å²) in [5, 5.41) is 9.00. The smallest absolute Gasteiger partial charge is 0.146 e. The molecule has 5 heteroatoms. The highest BCUT2D eigenvalue weighted by Crippen LogP contribution is 2.22. The lowest BCUT2D eigenvalue weighted by Gasteiger charge is -2.27. The summed E-state index contributed by atoms with van der Waals surface area (Å²) in [4.78, 5) is 6.39. The molecular weight excluding hydrogens is 208 g/mol. The highest BCUT2D eigenvalue weighted by molar-refractivity contribution is 7.99. The number of nitrogen functional groups attached to an aromatic ring is 1. The van der Waals surface area contributed by atoms with Crippen LogP contribution in [0.5, 0.6) is 0 Å². The van der Waals surface area contributed by atoms with Gasteiger partial charge < -0.3 is 10.6 Å². The Balaban J connectivity index is 2.30. The third kappa shape index (κ3) is 2.16. The Bertz CT molecular complexity index is 393. The van der Waals surface area contributed by atoms with Crippen molar-refractivity contribution in [2.75, 3.05) is 35.2 Å². The van der Waals surface area contributed by atoms with Crippen LogP contribution in [0.15, 0.2) is 12.3 Å². The van der Waals surface area contributed by atoms with Crippen molar-refractivity contribution in [3.8, 4) is 6.07 Å². The summed E-state index contributed by atoms with van der Waals surface area (Å²) in [5.74, 6) is 2.96. The molecule has 0 amide bonds. The molecule has 0 bridgehead atoms. The van der Waals surface area contributed by atoms with E-state index in [1.807, 2.05) is 11.8 Å². The van der Waals surface area contributed by atoms with Crippen LogP contribution in [0.3, 0.4) is 0 Å². The second-order valence-electron chi connectivity index (χ2n) is 3.35. The zero-order valence-corrected chi connectivity index (χ0v) is 9.13. The van der Waals surface area contributed by atoms with E-state index in [0.717, 1.165) is 30.4 Å². The zero-order valence-electron chi connectivity index (χ0n) is 8.31. The van der Waals surface area contributed by atoms with Crippen molar-refractivity contribution in [3.63, 3.8) is 0 Å². The van der Waals surface area contributed by atoms with E-state index in [2.05, 4.69) is 16.0 Å². The van der Waals surface area contributed by atoms with Crippen LogP contribution in [0.2, 0.25) is 0 Å². The Morgan fingerprint density at radius 1 is 1.47 bits per heavy atom. The minimum atomic E-state index is 0.543. The molecule has 2 rings (SSSR count). The molecule has 0 aliphatic carbocycles. The minimum Gasteiger partial charge on any atom is -0.397 e. The standard InChI is InChI=1S/C10H12N4S/c11-6-8-5-9(12)7-13-10(8)14-1-3-15-4-2-14/h5,7H,1-4,12H2. The number of nitriles is 1. The largest absolute Gasteiger partial charge is 0.397 e. The molecular formula is C10H12N4S. The van der Waals surface area contributed by atoms with Crippen molar-refractivity contribution < 1.29 is 0 Å². The number of thioether (sulfide) groups is 1. The Labute approximate surface area is 93.1 Å². The first-order valence-corrected chi connectivity index (χ1v) is 5.95. The molecule has 0 spiro atoms. The Hall–Kier alpha value is -1.41. The van der Waals surface area contributed by atoms with Crippen molar-refractivity contribution >= 4 is 23.3 Å². The van der Waals surface area contributed by atoms with Gasteiger partial charge in [-0.1, -0.05) is 0 Å². The van der Waals surface area contributed by atoms with Crippen LogP contribution in [-0.4, -0.2) is 29.6 Å². The average Bonchev–Trinajstić information content (AvgIpc) is 2.30. The first kappa shape index (κ1) is 10.1. The molecule has 1 fully saturated rings. The molecule has 0 atom stereocenters. The van der Waals surface area contributed by atoms with E-state index in [4.69, 9.17) is 11.0 Å². The van der Waals surface area contributed by atoms with Gasteiger partial charge in [-0.2, -0.15) is 17.0 Å². The van der Waals surface area contributed by atoms with Gasteiger partial charge in [-0.3, -0.25) is 0 Å². The van der Waals surface area contributed by atoms with Crippen molar-refractivity contribution in [2.45, 2.75) is 0 Å². The molecule has 4 nitrogen and oxygen atoms in total. The molecule has 1 aliphatic heterocycles. The van der Waals surface area contributed by atoms with Gasteiger partial charge in [0.15, 0.2) is 0 Å². The Morgan fingerprint density at radius 2 is 2.20 bits per heavy atom. The van der Waals surface area contributed by atoms with Crippen LogP contribution < -0.4 is 10.6 Å². The second-order valence-corrected chi connectivity index (χ2v) is 4.58. The van der Waals surface area contributed by atoms with E-state index in [-0.39, 0.29) is 0 Å². The van der Waals surface area contributed by atoms with Crippen LogP contribution in [0.4, 0.5) is 11.5 Å². The van der Waals surface area contributed by atoms with Crippen LogP contribution in [0.1, 0.15) is 5.56 Å². The summed E-state index contributed by atoms with van der Waals surface area (Å²) in [7, 11) is 0. The topological polar surface area (TPSA) is 65.9 Å². The number of hydrogen-bond donors (Lipinski definition) is 1. The van der Waals surface area contributed by atoms with E-state index in [1.165, 1.54) is 0 Å². The fraction of sp³-hybridized carbons (Fsp3) is 0.400. The number of anilines is 2. The van der Waals surface area contributed by atoms with Gasteiger partial charge in [0.1, 0.15) is 11.9 Å². The van der Waals surface area contributed by atoms with Gasteiger partial charge in [-0.15, -0.1) is 0 Å². The third-order valence-corrected chi connectivity index (χ3v) is 3.26. The maximum absolute atomic E-state index is 9.00. The van der Waals surface area contributed by atoms with Gasteiger partial charge in [0.2, 0.25) is 0 Å². The van der Waals surface area contributed by atoms with Gasteiger partial charge in [-0.05, 0) is 6.07 Å². The van der Waals surface area contributed by atoms with Crippen LogP contribution in [0.25, 0.3) is 0 Å². The summed E-state index contributed by atoms with van der Waals surface area (Å²) < 4.78 is 0. The van der Waals surface area contributed by atoms with Crippen LogP contribution in [-0.2, 0) is 0 Å². The second kappa shape index (κ2) is 4.41. The molecule has 1 aromatic rings. The normalized spacial score (nSPS) is 16.1. The molecule has 1 aromatic heterocycles. The maximum atomic E-state index is 9.00. The van der Waals surface area contributed by atoms with Gasteiger partial charge in [0.25, 0.3) is 0 Å². The SMILES string of the molecule is N#Cc1cc(N)cnc1N1CCSCC1. The number of nitrogens with two attached hydrogens (primary N) is 1. The fourth-order valence-electron chi connectivity index (χ4n) is 1.58. The lowest BCUT2D eigenvalue weighted by Crippen LogP contribution is -2.33. The molecule has 2 N–H and O–H groups in total. The summed E-state index contributed by atoms with van der Waals surface area (Å²) in [6.45, 7) is 1.91. The van der Waals surface area contributed by atoms with Gasteiger partial charge >= 0.3 is 0 Å². The Morgan fingerprint density at radius 3 is 2.87 bits per heavy atom. The average molecular weight is 220 g/mol. The number of rotatable bonds is 1. The van der Waals surface area contributed by atoms with E-state index in [9.17, 15) is 0 Å². The molecule has 0 aromatic carbocycles. The number of aromatic nitrogens is 1. The zero-order chi connectivity index (χ0) is 10.7. The highest BCUT2D eigenvalue weighted by atomic mass is 32.2. The lowest BCUT2D eigenvalue weighted by atomic mass is 10.2. The predicted molar refractivity (Wildman–Crippen MR) is 62.9 cm³/mol. The van der Waals surface area contributed by atoms with Crippen molar-refractivity contribution in [1.82, 2.24) is 4.98 Å². The molecule has 15 heavy (non-hydrogen) atoms. The van der Waals surface area contributed by atoms with Gasteiger partial charge in [0.05, 0.1) is 17.4 Å². The van der Waals surface area contributed by atoms with Crippen molar-refractivity contribution in [1.29, 1.82) is 5.26 Å². The first-order valence-electron chi connectivity index (χ1n) is 4.79. The molecule has 0 saturated carbocycles. The Kier molecular flexibility index (Phi) is 2.97. The van der Waals surface area contributed by atoms with Crippen LogP contribution >= 0.6 is 11.8 Å². The lowest BCUT2D eigenvalue weighted by molar-refractivity contribution is 0.837. The number of pyridine rings is 1. The van der Waals surface area contributed by atoms with E-state index in [0.29, 0.717) is 11.3 Å². The first-order chi connectivity index (χ1) is 7.31. The van der Waals surface area contributed by atoms with Crippen molar-refractivity contribution in [2.24, 2.45) is 0 Å². The fourth-order valence-corrected chi connectivity index (χ4v) is 2.49. The highest BCUT2D eigenvalue weighted by Gasteiger charge is 2.15. The summed E-state index contributed by atoms with van der Waals surface area (Å²) in [6, 6.07) is 3.83. The van der Waals surface area contributed by atoms with E-state index in [1.54, 1.807) is 12.3 Å². The van der Waals surface area contributed by atoms with Crippen LogP contribution in [0, 0.1) is 11.3 Å². The summed E-state index contributed by atoms with van der Waals surface area (Å²) in [6.07, 6.45) is 1.61. The maximum Gasteiger partial charge on any atom is 0.146 e. The molecule has 2 heterocycles.